The van der Waals surface area contributed by atoms with Crippen LogP contribution in [0.15, 0.2) is 10.7 Å². The first-order valence-electron chi connectivity index (χ1n) is 6.20. The van der Waals surface area contributed by atoms with E-state index in [9.17, 15) is 0 Å². The van der Waals surface area contributed by atoms with Gasteiger partial charge in [0.05, 0.1) is 22.4 Å². The van der Waals surface area contributed by atoms with Crippen molar-refractivity contribution in [1.29, 1.82) is 0 Å². The predicted octanol–water partition coefficient (Wildman–Crippen LogP) is 3.25. The molecule has 2 rings (SSSR count). The van der Waals surface area contributed by atoms with Crippen molar-refractivity contribution in [1.82, 2.24) is 9.78 Å². The third kappa shape index (κ3) is 2.33. The number of aromatic nitrogens is 2. The summed E-state index contributed by atoms with van der Waals surface area (Å²) in [5, 5.41) is 4.39. The van der Waals surface area contributed by atoms with Crippen molar-refractivity contribution >= 4 is 15.9 Å². The molecule has 0 amide bonds. The van der Waals surface area contributed by atoms with E-state index in [2.05, 4.69) is 32.6 Å². The van der Waals surface area contributed by atoms with E-state index in [0.29, 0.717) is 5.92 Å². The highest BCUT2D eigenvalue weighted by molar-refractivity contribution is 9.10. The molecule has 1 aromatic rings. The van der Waals surface area contributed by atoms with Crippen LogP contribution in [0.1, 0.15) is 50.8 Å². The Morgan fingerprint density at radius 2 is 2.25 bits per heavy atom. The van der Waals surface area contributed by atoms with Gasteiger partial charge in [-0.15, -0.1) is 0 Å². The first-order valence-corrected chi connectivity index (χ1v) is 7.00. The average Bonchev–Trinajstić information content (AvgIpc) is 2.88. The maximum absolute atomic E-state index is 6.39. The Labute approximate surface area is 106 Å². The lowest BCUT2D eigenvalue weighted by Crippen LogP contribution is -2.23. The lowest BCUT2D eigenvalue weighted by atomic mass is 9.96. The Morgan fingerprint density at radius 1 is 1.56 bits per heavy atom. The fourth-order valence-corrected chi connectivity index (χ4v) is 3.19. The van der Waals surface area contributed by atoms with Crippen molar-refractivity contribution in [2.24, 2.45) is 11.7 Å². The smallest absolute Gasteiger partial charge is 0.0696 e. The number of rotatable bonds is 4. The van der Waals surface area contributed by atoms with Gasteiger partial charge in [0.1, 0.15) is 0 Å². The van der Waals surface area contributed by atoms with E-state index in [4.69, 9.17) is 5.73 Å². The maximum Gasteiger partial charge on any atom is 0.0696 e. The Morgan fingerprint density at radius 3 is 2.88 bits per heavy atom. The van der Waals surface area contributed by atoms with Crippen LogP contribution in [-0.4, -0.2) is 9.78 Å². The molecule has 4 heteroatoms. The van der Waals surface area contributed by atoms with Gasteiger partial charge in [-0.25, -0.2) is 0 Å². The Kier molecular flexibility index (Phi) is 4.03. The number of nitrogens with two attached hydrogens (primary N) is 1. The molecule has 16 heavy (non-hydrogen) atoms. The summed E-state index contributed by atoms with van der Waals surface area (Å²) >= 11 is 3.57. The van der Waals surface area contributed by atoms with E-state index < -0.39 is 0 Å². The van der Waals surface area contributed by atoms with Crippen molar-refractivity contribution in [2.45, 2.75) is 51.6 Å². The molecule has 0 bridgehead atoms. The lowest BCUT2D eigenvalue weighted by molar-refractivity contribution is 0.410. The van der Waals surface area contributed by atoms with Crippen molar-refractivity contribution in [3.8, 4) is 0 Å². The van der Waals surface area contributed by atoms with Crippen LogP contribution in [0.4, 0.5) is 0 Å². The predicted molar refractivity (Wildman–Crippen MR) is 69.1 cm³/mol. The van der Waals surface area contributed by atoms with E-state index in [1.165, 1.54) is 31.4 Å². The van der Waals surface area contributed by atoms with Gasteiger partial charge in [0.25, 0.3) is 0 Å². The molecule has 1 saturated carbocycles. The number of nitrogens with zero attached hydrogens (tertiary/aromatic N) is 2. The molecule has 1 aliphatic carbocycles. The first-order chi connectivity index (χ1) is 7.74. The van der Waals surface area contributed by atoms with Crippen molar-refractivity contribution in [3.05, 3.63) is 16.4 Å². The van der Waals surface area contributed by atoms with Crippen molar-refractivity contribution < 1.29 is 0 Å². The second-order valence-corrected chi connectivity index (χ2v) is 5.53. The normalized spacial score (nSPS) is 19.2. The van der Waals surface area contributed by atoms with Gasteiger partial charge in [0.15, 0.2) is 0 Å². The third-order valence-corrected chi connectivity index (χ3v) is 4.10. The number of halogens is 1. The maximum atomic E-state index is 6.39. The minimum Gasteiger partial charge on any atom is -0.322 e. The molecule has 0 spiro atoms. The molecule has 2 N–H and O–H groups in total. The van der Waals surface area contributed by atoms with Gasteiger partial charge in [-0.2, -0.15) is 5.10 Å². The molecule has 1 heterocycles. The van der Waals surface area contributed by atoms with Crippen LogP contribution in [0.3, 0.4) is 0 Å². The van der Waals surface area contributed by atoms with E-state index in [0.717, 1.165) is 17.4 Å². The Balaban J connectivity index is 2.19. The highest BCUT2D eigenvalue weighted by Crippen LogP contribution is 2.36. The second kappa shape index (κ2) is 5.32. The quantitative estimate of drug-likeness (QED) is 0.923. The number of hydrogen-bond acceptors (Lipinski definition) is 2. The highest BCUT2D eigenvalue weighted by atomic mass is 79.9. The summed E-state index contributed by atoms with van der Waals surface area (Å²) in [5.74, 6) is 0.642. The van der Waals surface area contributed by atoms with Crippen molar-refractivity contribution in [2.75, 3.05) is 0 Å². The van der Waals surface area contributed by atoms with Gasteiger partial charge in [-0.05, 0) is 41.1 Å². The van der Waals surface area contributed by atoms with Gasteiger partial charge in [-0.3, -0.25) is 4.68 Å². The van der Waals surface area contributed by atoms with Crippen LogP contribution < -0.4 is 5.73 Å². The number of hydrogen-bond donors (Lipinski definition) is 1. The summed E-state index contributed by atoms with van der Waals surface area (Å²) in [5.41, 5.74) is 7.57. The molecule has 0 radical (unpaired) electrons. The van der Waals surface area contributed by atoms with Gasteiger partial charge in [0.2, 0.25) is 0 Å². The summed E-state index contributed by atoms with van der Waals surface area (Å²) < 4.78 is 3.13. The minimum atomic E-state index is 0.144. The van der Waals surface area contributed by atoms with E-state index in [1.807, 2.05) is 6.20 Å². The lowest BCUT2D eigenvalue weighted by Gasteiger charge is -2.20. The molecular weight excluding hydrogens is 266 g/mol. The largest absolute Gasteiger partial charge is 0.322 e. The SMILES string of the molecule is CCCn1ncc(Br)c1C(N)C1CCCC1. The summed E-state index contributed by atoms with van der Waals surface area (Å²) in [6.07, 6.45) is 8.17. The minimum absolute atomic E-state index is 0.144. The molecule has 0 saturated heterocycles. The monoisotopic (exact) mass is 285 g/mol. The van der Waals surface area contributed by atoms with Crippen LogP contribution in [-0.2, 0) is 6.54 Å². The number of aryl methyl sites for hydroxylation is 1. The highest BCUT2D eigenvalue weighted by Gasteiger charge is 2.27. The van der Waals surface area contributed by atoms with Crippen molar-refractivity contribution in [3.63, 3.8) is 0 Å². The molecule has 0 aliphatic heterocycles. The summed E-state index contributed by atoms with van der Waals surface area (Å²) in [7, 11) is 0. The van der Waals surface area contributed by atoms with Crippen LogP contribution >= 0.6 is 15.9 Å². The standard InChI is InChI=1S/C12H20BrN3/c1-2-7-16-12(10(13)8-15-16)11(14)9-5-3-4-6-9/h8-9,11H,2-7,14H2,1H3. The van der Waals surface area contributed by atoms with Gasteiger partial charge < -0.3 is 5.73 Å². The third-order valence-electron chi connectivity index (χ3n) is 3.49. The zero-order valence-corrected chi connectivity index (χ0v) is 11.4. The Bertz CT molecular complexity index is 342. The first kappa shape index (κ1) is 12.1. The topological polar surface area (TPSA) is 43.8 Å². The average molecular weight is 286 g/mol. The van der Waals surface area contributed by atoms with Crippen LogP contribution in [0.5, 0.6) is 0 Å². The second-order valence-electron chi connectivity index (χ2n) is 4.67. The Hall–Kier alpha value is -0.350. The van der Waals surface area contributed by atoms with Gasteiger partial charge >= 0.3 is 0 Å². The van der Waals surface area contributed by atoms with Gasteiger partial charge in [-0.1, -0.05) is 19.8 Å². The molecule has 1 aliphatic rings. The molecule has 1 unspecified atom stereocenters. The molecule has 0 aromatic carbocycles. The van der Waals surface area contributed by atoms with Gasteiger partial charge in [0, 0.05) is 6.54 Å². The summed E-state index contributed by atoms with van der Waals surface area (Å²) in [6.45, 7) is 3.13. The summed E-state index contributed by atoms with van der Waals surface area (Å²) in [4.78, 5) is 0. The van der Waals surface area contributed by atoms with E-state index >= 15 is 0 Å². The molecule has 90 valence electrons. The fraction of sp³-hybridized carbons (Fsp3) is 0.750. The molecular formula is C12H20BrN3. The molecule has 1 fully saturated rings. The van der Waals surface area contributed by atoms with Crippen LogP contribution in [0, 0.1) is 5.92 Å². The van der Waals surface area contributed by atoms with E-state index in [-0.39, 0.29) is 6.04 Å². The van der Waals surface area contributed by atoms with Crippen LogP contribution in [0.2, 0.25) is 0 Å². The van der Waals surface area contributed by atoms with E-state index in [1.54, 1.807) is 0 Å². The van der Waals surface area contributed by atoms with Crippen LogP contribution in [0.25, 0.3) is 0 Å². The molecule has 1 aromatic heterocycles. The fourth-order valence-electron chi connectivity index (χ4n) is 2.63. The molecule has 3 nitrogen and oxygen atoms in total. The molecule has 1 atom stereocenters. The summed E-state index contributed by atoms with van der Waals surface area (Å²) in [6, 6.07) is 0.144. The zero-order valence-electron chi connectivity index (χ0n) is 9.82. The zero-order chi connectivity index (χ0) is 11.5.